The molecular weight excluding hydrogens is 521 g/mol. The number of ketones is 1. The third-order valence-electron chi connectivity index (χ3n) is 6.95. The summed E-state index contributed by atoms with van der Waals surface area (Å²) in [5, 5.41) is 32.9. The van der Waals surface area contributed by atoms with Crippen molar-refractivity contribution in [1.82, 2.24) is 5.32 Å². The fourth-order valence-electron chi connectivity index (χ4n) is 5.34. The maximum Gasteiger partial charge on any atom is 0.150 e. The van der Waals surface area contributed by atoms with E-state index in [1.165, 1.54) is 30.3 Å². The van der Waals surface area contributed by atoms with Crippen molar-refractivity contribution < 1.29 is 23.8 Å². The zero-order valence-corrected chi connectivity index (χ0v) is 22.6. The predicted octanol–water partition coefficient (Wildman–Crippen LogP) is 5.69. The Morgan fingerprint density at radius 1 is 1.19 bits per heavy atom. The molecule has 0 spiro atoms. The first-order valence-corrected chi connectivity index (χ1v) is 13.0. The van der Waals surface area contributed by atoms with Crippen LogP contribution in [0.2, 0.25) is 10.0 Å². The molecule has 2 aromatic rings. The van der Waals surface area contributed by atoms with E-state index in [-0.39, 0.29) is 39.6 Å². The van der Waals surface area contributed by atoms with Gasteiger partial charge in [-0.2, -0.15) is 5.26 Å². The third-order valence-corrected chi connectivity index (χ3v) is 7.48. The number of rotatable bonds is 9. The van der Waals surface area contributed by atoms with Crippen molar-refractivity contribution in [3.63, 3.8) is 0 Å². The molecule has 0 unspecified atom stereocenters. The Kier molecular flexibility index (Phi) is 9.36. The van der Waals surface area contributed by atoms with Crippen LogP contribution in [0, 0.1) is 28.4 Å². The molecule has 1 fully saturated rings. The van der Waals surface area contributed by atoms with E-state index in [0.29, 0.717) is 18.4 Å². The summed E-state index contributed by atoms with van der Waals surface area (Å²) < 4.78 is 29.7. The Bertz CT molecular complexity index is 1180. The molecule has 5 atom stereocenters. The second-order valence-corrected chi connectivity index (χ2v) is 11.8. The number of nitrogens with one attached hydrogen (secondary N) is 1. The number of hydrogen-bond acceptors (Lipinski definition) is 5. The summed E-state index contributed by atoms with van der Waals surface area (Å²) in [5.41, 5.74) is -1.32. The summed E-state index contributed by atoms with van der Waals surface area (Å²) in [7, 11) is 0. The van der Waals surface area contributed by atoms with Gasteiger partial charge >= 0.3 is 0 Å². The lowest BCUT2D eigenvalue weighted by molar-refractivity contribution is -0.121. The van der Waals surface area contributed by atoms with Crippen LogP contribution < -0.4 is 5.32 Å². The van der Waals surface area contributed by atoms with Gasteiger partial charge < -0.3 is 15.5 Å². The number of carbonyl (C=O) groups excluding carboxylic acids is 1. The molecule has 0 aromatic heterocycles. The molecule has 0 radical (unpaired) electrons. The smallest absolute Gasteiger partial charge is 0.150 e. The van der Waals surface area contributed by atoms with Crippen LogP contribution in [0.3, 0.4) is 0 Å². The second-order valence-electron chi connectivity index (χ2n) is 10.9. The average molecular weight is 553 g/mol. The highest BCUT2D eigenvalue weighted by atomic mass is 35.5. The molecule has 3 rings (SSSR count). The van der Waals surface area contributed by atoms with Crippen LogP contribution in [-0.4, -0.2) is 40.8 Å². The minimum atomic E-state index is -1.55. The first-order valence-electron chi connectivity index (χ1n) is 12.2. The lowest BCUT2D eigenvalue weighted by Crippen LogP contribution is -2.44. The number of aliphatic hydroxyl groups is 2. The number of aliphatic hydroxyl groups excluding tert-OH is 2. The minimum Gasteiger partial charge on any atom is -0.394 e. The first-order chi connectivity index (χ1) is 17.3. The molecule has 0 aliphatic carbocycles. The predicted molar refractivity (Wildman–Crippen MR) is 140 cm³/mol. The summed E-state index contributed by atoms with van der Waals surface area (Å²) in [6.45, 7) is 5.56. The minimum absolute atomic E-state index is 0.0625. The molecule has 200 valence electrons. The zero-order valence-electron chi connectivity index (χ0n) is 21.1. The topological polar surface area (TPSA) is 93.3 Å². The number of halogens is 4. The van der Waals surface area contributed by atoms with Crippen molar-refractivity contribution in [2.24, 2.45) is 5.41 Å². The zero-order chi connectivity index (χ0) is 27.5. The molecule has 1 aliphatic heterocycles. The average Bonchev–Trinajstić information content (AvgIpc) is 3.13. The highest BCUT2D eigenvalue weighted by Crippen LogP contribution is 2.52. The van der Waals surface area contributed by atoms with Gasteiger partial charge in [-0.05, 0) is 54.5 Å². The maximum atomic E-state index is 15.5. The van der Waals surface area contributed by atoms with Gasteiger partial charge in [-0.25, -0.2) is 8.78 Å². The van der Waals surface area contributed by atoms with Crippen LogP contribution in [0.15, 0.2) is 36.4 Å². The van der Waals surface area contributed by atoms with Gasteiger partial charge in [0.05, 0.1) is 29.8 Å². The Balaban J connectivity index is 2.21. The van der Waals surface area contributed by atoms with E-state index in [4.69, 9.17) is 28.3 Å². The van der Waals surface area contributed by atoms with Gasteiger partial charge in [-0.3, -0.25) is 4.79 Å². The van der Waals surface area contributed by atoms with Gasteiger partial charge in [-0.1, -0.05) is 56.1 Å². The molecule has 0 saturated carbocycles. The highest BCUT2D eigenvalue weighted by molar-refractivity contribution is 6.31. The summed E-state index contributed by atoms with van der Waals surface area (Å²) in [4.78, 5) is 13.6. The van der Waals surface area contributed by atoms with Crippen molar-refractivity contribution in [2.45, 2.75) is 76.0 Å². The number of nitriles is 1. The summed E-state index contributed by atoms with van der Waals surface area (Å²) in [5.74, 6) is -2.45. The van der Waals surface area contributed by atoms with Crippen LogP contribution in [0.1, 0.15) is 63.5 Å². The number of hydrogen-bond donors (Lipinski definition) is 3. The van der Waals surface area contributed by atoms with E-state index in [1.807, 2.05) is 20.8 Å². The van der Waals surface area contributed by atoms with Gasteiger partial charge in [-0.15, -0.1) is 0 Å². The van der Waals surface area contributed by atoms with Crippen LogP contribution in [-0.2, 0) is 10.2 Å². The monoisotopic (exact) mass is 552 g/mol. The molecule has 0 amide bonds. The van der Waals surface area contributed by atoms with Gasteiger partial charge in [0.1, 0.15) is 22.8 Å². The molecule has 5 nitrogen and oxygen atoms in total. The lowest BCUT2D eigenvalue weighted by atomic mass is 9.62. The van der Waals surface area contributed by atoms with Crippen LogP contribution in [0.5, 0.6) is 0 Å². The Hall–Kier alpha value is -2.08. The summed E-state index contributed by atoms with van der Waals surface area (Å²) in [6, 6.07) is 8.98. The van der Waals surface area contributed by atoms with Gasteiger partial charge in [0.2, 0.25) is 0 Å². The Labute approximate surface area is 226 Å². The fraction of sp³-hybridized carbons (Fsp3) is 0.500. The molecule has 3 N–H and O–H groups in total. The van der Waals surface area contributed by atoms with E-state index >= 15 is 4.39 Å². The van der Waals surface area contributed by atoms with E-state index < -0.39 is 47.8 Å². The molecule has 37 heavy (non-hydrogen) atoms. The van der Waals surface area contributed by atoms with Gasteiger partial charge in [0, 0.05) is 29.0 Å². The van der Waals surface area contributed by atoms with Crippen LogP contribution >= 0.6 is 23.2 Å². The van der Waals surface area contributed by atoms with Crippen molar-refractivity contribution in [1.29, 1.82) is 5.26 Å². The summed E-state index contributed by atoms with van der Waals surface area (Å²) in [6.07, 6.45) is 0.0940. The van der Waals surface area contributed by atoms with Crippen molar-refractivity contribution in [3.05, 3.63) is 69.2 Å². The van der Waals surface area contributed by atoms with E-state index in [2.05, 4.69) is 11.4 Å². The van der Waals surface area contributed by atoms with Gasteiger partial charge in [0.15, 0.2) is 0 Å². The number of carbonyl (C=O) groups is 1. The molecule has 1 heterocycles. The largest absolute Gasteiger partial charge is 0.394 e. The van der Waals surface area contributed by atoms with Crippen LogP contribution in [0.25, 0.3) is 0 Å². The molecule has 0 bridgehead atoms. The van der Waals surface area contributed by atoms with Crippen molar-refractivity contribution >= 4 is 29.0 Å². The second kappa shape index (κ2) is 11.8. The Morgan fingerprint density at radius 2 is 1.89 bits per heavy atom. The highest BCUT2D eigenvalue weighted by Gasteiger charge is 2.60. The Morgan fingerprint density at radius 3 is 2.46 bits per heavy atom. The number of nitrogens with zero attached hydrogens (tertiary/aromatic N) is 1. The number of Topliss-reactive ketones (excluding diaryl/α,β-unsaturated/α-hetero) is 1. The lowest BCUT2D eigenvalue weighted by Gasteiger charge is -2.37. The first kappa shape index (κ1) is 29.5. The fourth-order valence-corrected chi connectivity index (χ4v) is 5.69. The molecule has 1 aliphatic rings. The SMILES string of the molecule is CC(C)(C)C[C@@H]1N[C@@H](C(=O)CCC[C@H](O)CO)[C@H](c2ccc(F)c(Cl)c2)[C@@]1(C#N)c1ccc(Cl)cc1F. The van der Waals surface area contributed by atoms with Crippen molar-refractivity contribution in [3.8, 4) is 6.07 Å². The van der Waals surface area contributed by atoms with E-state index in [0.717, 1.165) is 6.07 Å². The molecule has 9 heteroatoms. The third kappa shape index (κ3) is 6.32. The van der Waals surface area contributed by atoms with Crippen molar-refractivity contribution in [2.75, 3.05) is 6.61 Å². The maximum absolute atomic E-state index is 15.5. The summed E-state index contributed by atoms with van der Waals surface area (Å²) >= 11 is 12.2. The molecular formula is C28H32Cl2F2N2O3. The van der Waals surface area contributed by atoms with E-state index in [1.54, 1.807) is 0 Å². The standard InChI is InChI=1S/C28H32Cl2F2N2O3/c1-27(2,3)13-24-28(15-33,19-9-8-17(29)12-22(19)32)25(16-7-10-21(31)20(30)11-16)26(34-24)23(37)6-4-5-18(36)14-35/h7-12,18,24-26,34-36H,4-6,13-14H2,1-3H3/t18-,24-,25-,26-,28-/m0/s1. The van der Waals surface area contributed by atoms with Gasteiger partial charge in [0.25, 0.3) is 0 Å². The molecule has 1 saturated heterocycles. The molecule has 2 aromatic carbocycles. The quantitative estimate of drug-likeness (QED) is 0.371. The van der Waals surface area contributed by atoms with Crippen LogP contribution in [0.4, 0.5) is 8.78 Å². The number of benzene rings is 2. The van der Waals surface area contributed by atoms with E-state index in [9.17, 15) is 19.6 Å². The normalized spacial score (nSPS) is 24.6.